The molecule has 0 aliphatic carbocycles. The highest BCUT2D eigenvalue weighted by molar-refractivity contribution is 6.30. The Hall–Kier alpha value is -0.830. The van der Waals surface area contributed by atoms with Gasteiger partial charge in [-0.3, -0.25) is 0 Å². The number of carbonyl (C=O) groups is 1. The normalized spacial score (nSPS) is 20.6. The first-order valence-electron chi connectivity index (χ1n) is 4.95. The Morgan fingerprint density at radius 1 is 1.71 bits per heavy atom. The number of nitrogens with zero attached hydrogens (tertiary/aromatic N) is 2. The Balaban J connectivity index is 2.37. The lowest BCUT2D eigenvalue weighted by atomic mass is 9.98. The molecule has 2 rings (SSSR count). The van der Waals surface area contributed by atoms with Crippen LogP contribution >= 0.6 is 11.6 Å². The lowest BCUT2D eigenvalue weighted by molar-refractivity contribution is -0.111. The van der Waals surface area contributed by atoms with Crippen LogP contribution < -0.4 is 0 Å². The fourth-order valence-corrected chi connectivity index (χ4v) is 2.27. The Labute approximate surface area is 88.1 Å². The van der Waals surface area contributed by atoms with Crippen molar-refractivity contribution in [3.63, 3.8) is 0 Å². The van der Waals surface area contributed by atoms with Gasteiger partial charge in [0.05, 0.1) is 5.69 Å². The lowest BCUT2D eigenvalue weighted by Gasteiger charge is -2.20. The van der Waals surface area contributed by atoms with Crippen molar-refractivity contribution in [2.45, 2.75) is 32.7 Å². The first kappa shape index (κ1) is 9.71. The summed E-state index contributed by atoms with van der Waals surface area (Å²) in [6, 6.07) is 0. The molecule has 2 heterocycles. The number of fused-ring (bicyclic) bond motifs is 1. The summed E-state index contributed by atoms with van der Waals surface area (Å²) in [4.78, 5) is 15.0. The molecule has 4 heteroatoms. The van der Waals surface area contributed by atoms with E-state index in [1.807, 2.05) is 0 Å². The Kier molecular flexibility index (Phi) is 2.59. The molecule has 1 aliphatic rings. The van der Waals surface area contributed by atoms with Crippen LogP contribution in [0.2, 0.25) is 5.15 Å². The zero-order valence-electron chi connectivity index (χ0n) is 8.16. The molecule has 0 fully saturated rings. The van der Waals surface area contributed by atoms with Crippen LogP contribution in [0.5, 0.6) is 0 Å². The van der Waals surface area contributed by atoms with E-state index in [0.29, 0.717) is 5.15 Å². The van der Waals surface area contributed by atoms with Crippen LogP contribution in [0.3, 0.4) is 0 Å². The second kappa shape index (κ2) is 3.73. The first-order valence-corrected chi connectivity index (χ1v) is 5.33. The molecule has 0 saturated heterocycles. The number of aromatic nitrogens is 2. The minimum Gasteiger partial charge on any atom is -0.331 e. The smallest absolute Gasteiger partial charge is 0.150 e. The van der Waals surface area contributed by atoms with Gasteiger partial charge in [-0.1, -0.05) is 18.5 Å². The molecule has 0 bridgehead atoms. The first-order chi connectivity index (χ1) is 6.76. The standard InChI is InChI=1S/C10H13ClN2O/c1-2-9-12-10(11)8-5-7(6-14)3-4-13(8)9/h6-7H,2-5H2,1H3. The maximum absolute atomic E-state index is 10.7. The van der Waals surface area contributed by atoms with Crippen molar-refractivity contribution >= 4 is 17.9 Å². The molecule has 1 unspecified atom stereocenters. The molecular weight excluding hydrogens is 200 g/mol. The number of hydrogen-bond donors (Lipinski definition) is 0. The zero-order valence-corrected chi connectivity index (χ0v) is 8.92. The van der Waals surface area contributed by atoms with Gasteiger partial charge in [-0.05, 0) is 6.42 Å². The third-order valence-electron chi connectivity index (χ3n) is 2.79. The maximum Gasteiger partial charge on any atom is 0.150 e. The van der Waals surface area contributed by atoms with Gasteiger partial charge in [-0.2, -0.15) is 0 Å². The third-order valence-corrected chi connectivity index (χ3v) is 3.09. The molecule has 76 valence electrons. The summed E-state index contributed by atoms with van der Waals surface area (Å²) in [6.07, 6.45) is 3.58. The molecule has 0 amide bonds. The van der Waals surface area contributed by atoms with E-state index in [1.165, 1.54) is 0 Å². The van der Waals surface area contributed by atoms with Crippen LogP contribution in [0.1, 0.15) is 24.9 Å². The van der Waals surface area contributed by atoms with Gasteiger partial charge in [0.2, 0.25) is 0 Å². The molecule has 1 aromatic rings. The van der Waals surface area contributed by atoms with Crippen LogP contribution in [0, 0.1) is 5.92 Å². The number of rotatable bonds is 2. The van der Waals surface area contributed by atoms with Crippen LogP contribution in [0.15, 0.2) is 0 Å². The van der Waals surface area contributed by atoms with Gasteiger partial charge in [-0.15, -0.1) is 0 Å². The summed E-state index contributed by atoms with van der Waals surface area (Å²) in [6.45, 7) is 2.94. The van der Waals surface area contributed by atoms with Crippen molar-refractivity contribution in [1.82, 2.24) is 9.55 Å². The SMILES string of the molecule is CCc1nc(Cl)c2n1CCC(C=O)C2. The summed E-state index contributed by atoms with van der Waals surface area (Å²) in [5, 5.41) is 0.577. The molecule has 14 heavy (non-hydrogen) atoms. The van der Waals surface area contributed by atoms with Crippen molar-refractivity contribution in [1.29, 1.82) is 0 Å². The van der Waals surface area contributed by atoms with Crippen molar-refractivity contribution < 1.29 is 4.79 Å². The quantitative estimate of drug-likeness (QED) is 0.702. The fourth-order valence-electron chi connectivity index (χ4n) is 2.00. The maximum atomic E-state index is 10.7. The highest BCUT2D eigenvalue weighted by atomic mass is 35.5. The number of carbonyl (C=O) groups excluding carboxylic acids is 1. The van der Waals surface area contributed by atoms with Gasteiger partial charge in [0, 0.05) is 25.3 Å². The Morgan fingerprint density at radius 3 is 3.14 bits per heavy atom. The predicted molar refractivity (Wildman–Crippen MR) is 54.5 cm³/mol. The van der Waals surface area contributed by atoms with Crippen LogP contribution in [-0.2, 0) is 24.2 Å². The summed E-state index contributed by atoms with van der Waals surface area (Å²) >= 11 is 6.02. The van der Waals surface area contributed by atoms with Crippen LogP contribution in [0.4, 0.5) is 0 Å². The van der Waals surface area contributed by atoms with Crippen molar-refractivity contribution in [2.75, 3.05) is 0 Å². The van der Waals surface area contributed by atoms with E-state index in [1.54, 1.807) is 0 Å². The largest absolute Gasteiger partial charge is 0.331 e. The van der Waals surface area contributed by atoms with E-state index in [9.17, 15) is 4.79 Å². The van der Waals surface area contributed by atoms with Crippen LogP contribution in [-0.4, -0.2) is 15.8 Å². The minimum absolute atomic E-state index is 0.126. The molecule has 0 saturated carbocycles. The third kappa shape index (κ3) is 1.46. The van der Waals surface area contributed by atoms with Gasteiger partial charge in [0.25, 0.3) is 0 Å². The number of hydrogen-bond acceptors (Lipinski definition) is 2. The van der Waals surface area contributed by atoms with Crippen LogP contribution in [0.25, 0.3) is 0 Å². The monoisotopic (exact) mass is 212 g/mol. The molecule has 0 N–H and O–H groups in total. The highest BCUT2D eigenvalue weighted by Crippen LogP contribution is 2.26. The minimum atomic E-state index is 0.126. The molecule has 3 nitrogen and oxygen atoms in total. The molecular formula is C10H13ClN2O. The average molecular weight is 213 g/mol. The summed E-state index contributed by atoms with van der Waals surface area (Å²) < 4.78 is 2.16. The summed E-state index contributed by atoms with van der Waals surface area (Å²) in [5.41, 5.74) is 1.03. The molecule has 0 radical (unpaired) electrons. The number of imidazole rings is 1. The topological polar surface area (TPSA) is 34.9 Å². The lowest BCUT2D eigenvalue weighted by Crippen LogP contribution is -2.21. The summed E-state index contributed by atoms with van der Waals surface area (Å²) in [7, 11) is 0. The Bertz CT molecular complexity index is 359. The van der Waals surface area contributed by atoms with Crippen molar-refractivity contribution in [3.05, 3.63) is 16.7 Å². The second-order valence-electron chi connectivity index (χ2n) is 3.66. The number of halogens is 1. The molecule has 0 spiro atoms. The van der Waals surface area contributed by atoms with E-state index in [4.69, 9.17) is 11.6 Å². The molecule has 0 aromatic carbocycles. The van der Waals surface area contributed by atoms with Gasteiger partial charge in [0.15, 0.2) is 5.15 Å². The predicted octanol–water partition coefficient (Wildman–Crippen LogP) is 1.86. The number of aldehydes is 1. The molecule has 1 atom stereocenters. The van der Waals surface area contributed by atoms with E-state index >= 15 is 0 Å². The van der Waals surface area contributed by atoms with Gasteiger partial charge in [0.1, 0.15) is 12.1 Å². The van der Waals surface area contributed by atoms with E-state index in [2.05, 4.69) is 16.5 Å². The summed E-state index contributed by atoms with van der Waals surface area (Å²) in [5.74, 6) is 1.16. The highest BCUT2D eigenvalue weighted by Gasteiger charge is 2.23. The van der Waals surface area contributed by atoms with Crippen molar-refractivity contribution in [2.24, 2.45) is 5.92 Å². The van der Waals surface area contributed by atoms with E-state index in [0.717, 1.165) is 43.6 Å². The Morgan fingerprint density at radius 2 is 2.50 bits per heavy atom. The van der Waals surface area contributed by atoms with Gasteiger partial charge < -0.3 is 9.36 Å². The molecule has 1 aromatic heterocycles. The van der Waals surface area contributed by atoms with Gasteiger partial charge >= 0.3 is 0 Å². The second-order valence-corrected chi connectivity index (χ2v) is 4.02. The average Bonchev–Trinajstić information content (AvgIpc) is 2.55. The van der Waals surface area contributed by atoms with Gasteiger partial charge in [-0.25, -0.2) is 4.98 Å². The number of aryl methyl sites for hydroxylation is 1. The van der Waals surface area contributed by atoms with E-state index < -0.39 is 0 Å². The van der Waals surface area contributed by atoms with Crippen molar-refractivity contribution in [3.8, 4) is 0 Å². The van der Waals surface area contributed by atoms with E-state index in [-0.39, 0.29) is 5.92 Å². The zero-order chi connectivity index (χ0) is 10.1. The fraction of sp³-hybridized carbons (Fsp3) is 0.600. The molecule has 1 aliphatic heterocycles.